The summed E-state index contributed by atoms with van der Waals surface area (Å²) >= 11 is 0. The Morgan fingerprint density at radius 3 is 2.50 bits per heavy atom. The lowest BCUT2D eigenvalue weighted by molar-refractivity contribution is -0.116. The molecule has 1 heterocycles. The minimum absolute atomic E-state index is 0.0151. The van der Waals surface area contributed by atoms with Gasteiger partial charge >= 0.3 is 0 Å². The normalized spacial score (nSPS) is 17.2. The Balaban J connectivity index is 1.88. The molecule has 1 aliphatic heterocycles. The van der Waals surface area contributed by atoms with Gasteiger partial charge < -0.3 is 10.6 Å². The molecule has 6 nitrogen and oxygen atoms in total. The second kappa shape index (κ2) is 6.16. The summed E-state index contributed by atoms with van der Waals surface area (Å²) in [6.45, 7) is 3.82. The number of aryl methyl sites for hydroxylation is 1. The van der Waals surface area contributed by atoms with Crippen LogP contribution in [0.1, 0.15) is 18.9 Å². The van der Waals surface area contributed by atoms with Crippen LogP contribution in [0.3, 0.4) is 0 Å². The Kier molecular flexibility index (Phi) is 4.19. The molecule has 3 rings (SSSR count). The van der Waals surface area contributed by atoms with Gasteiger partial charge in [0.05, 0.1) is 22.0 Å². The maximum absolute atomic E-state index is 12.5. The molecule has 1 amide bonds. The summed E-state index contributed by atoms with van der Waals surface area (Å²) in [5.41, 5.74) is 2.72. The average Bonchev–Trinajstić information content (AvgIpc) is 2.63. The van der Waals surface area contributed by atoms with Gasteiger partial charge in [-0.15, -0.1) is 0 Å². The van der Waals surface area contributed by atoms with Gasteiger partial charge in [-0.05, 0) is 44.2 Å². The molecular formula is C17H19N3O3S. The lowest BCUT2D eigenvalue weighted by Crippen LogP contribution is -2.18. The van der Waals surface area contributed by atoms with E-state index < -0.39 is 10.0 Å². The third-order valence-electron chi connectivity index (χ3n) is 3.77. The molecule has 0 aliphatic carbocycles. The fourth-order valence-electron chi connectivity index (χ4n) is 2.56. The van der Waals surface area contributed by atoms with Crippen molar-refractivity contribution in [3.8, 4) is 0 Å². The van der Waals surface area contributed by atoms with Crippen molar-refractivity contribution in [3.63, 3.8) is 0 Å². The Morgan fingerprint density at radius 2 is 1.79 bits per heavy atom. The molecule has 1 atom stereocenters. The van der Waals surface area contributed by atoms with Crippen LogP contribution in [-0.4, -0.2) is 20.4 Å². The molecule has 0 aromatic heterocycles. The van der Waals surface area contributed by atoms with Crippen molar-refractivity contribution in [2.24, 2.45) is 0 Å². The van der Waals surface area contributed by atoms with Crippen molar-refractivity contribution in [2.45, 2.75) is 31.2 Å². The molecule has 24 heavy (non-hydrogen) atoms. The van der Waals surface area contributed by atoms with Crippen LogP contribution >= 0.6 is 0 Å². The predicted molar refractivity (Wildman–Crippen MR) is 94.8 cm³/mol. The third-order valence-corrected chi connectivity index (χ3v) is 5.17. The Morgan fingerprint density at radius 1 is 1.08 bits per heavy atom. The van der Waals surface area contributed by atoms with Crippen LogP contribution < -0.4 is 15.4 Å². The minimum atomic E-state index is -3.67. The Hall–Kier alpha value is -2.54. The number of hydrogen-bond donors (Lipinski definition) is 3. The van der Waals surface area contributed by atoms with Crippen molar-refractivity contribution >= 4 is 33.0 Å². The highest BCUT2D eigenvalue weighted by atomic mass is 32.2. The van der Waals surface area contributed by atoms with Gasteiger partial charge in [-0.1, -0.05) is 17.7 Å². The van der Waals surface area contributed by atoms with Crippen molar-refractivity contribution < 1.29 is 13.2 Å². The average molecular weight is 345 g/mol. The molecule has 0 saturated carbocycles. The molecule has 0 saturated heterocycles. The molecule has 0 fully saturated rings. The highest BCUT2D eigenvalue weighted by molar-refractivity contribution is 7.92. The molecule has 3 N–H and O–H groups in total. The SMILES string of the molecule is Cc1ccc(S(=O)(=O)Nc2ccc3c(c2)NC(=O)CC(C)N3)cc1. The number of carbonyl (C=O) groups excluding carboxylic acids is 1. The van der Waals surface area contributed by atoms with Crippen LogP contribution in [0, 0.1) is 6.92 Å². The second-order valence-electron chi connectivity index (χ2n) is 5.98. The number of sulfonamides is 1. The number of rotatable bonds is 3. The van der Waals surface area contributed by atoms with Gasteiger partial charge in [0.2, 0.25) is 5.91 Å². The highest BCUT2D eigenvalue weighted by Gasteiger charge is 2.19. The van der Waals surface area contributed by atoms with E-state index in [2.05, 4.69) is 15.4 Å². The van der Waals surface area contributed by atoms with Crippen LogP contribution in [0.4, 0.5) is 17.1 Å². The summed E-state index contributed by atoms with van der Waals surface area (Å²) in [6.07, 6.45) is 0.360. The number of benzene rings is 2. The third kappa shape index (κ3) is 3.51. The lowest BCUT2D eigenvalue weighted by Gasteiger charge is -2.14. The molecule has 7 heteroatoms. The first-order valence-corrected chi connectivity index (χ1v) is 9.12. The van der Waals surface area contributed by atoms with Gasteiger partial charge in [-0.2, -0.15) is 0 Å². The van der Waals surface area contributed by atoms with E-state index in [1.165, 1.54) is 0 Å². The first kappa shape index (κ1) is 16.3. The zero-order valence-electron chi connectivity index (χ0n) is 13.5. The molecule has 126 valence electrons. The van der Waals surface area contributed by atoms with Gasteiger partial charge in [0, 0.05) is 12.5 Å². The van der Waals surface area contributed by atoms with E-state index >= 15 is 0 Å². The molecule has 1 unspecified atom stereocenters. The predicted octanol–water partition coefficient (Wildman–Crippen LogP) is 2.94. The molecule has 2 aromatic rings. The van der Waals surface area contributed by atoms with E-state index in [4.69, 9.17) is 0 Å². The lowest BCUT2D eigenvalue weighted by atomic mass is 10.2. The Labute approximate surface area is 141 Å². The van der Waals surface area contributed by atoms with Crippen molar-refractivity contribution in [3.05, 3.63) is 48.0 Å². The van der Waals surface area contributed by atoms with Gasteiger partial charge in [0.25, 0.3) is 10.0 Å². The number of hydrogen-bond acceptors (Lipinski definition) is 4. The largest absolute Gasteiger partial charge is 0.380 e. The molecule has 0 spiro atoms. The monoisotopic (exact) mass is 345 g/mol. The standard InChI is InChI=1S/C17H19N3O3S/c1-11-3-6-14(7-4-11)24(22,23)20-13-5-8-15-16(10-13)19-17(21)9-12(2)18-15/h3-8,10,12,18,20H,9H2,1-2H3,(H,19,21). The molecule has 1 aliphatic rings. The fraction of sp³-hybridized carbons (Fsp3) is 0.235. The first-order valence-electron chi connectivity index (χ1n) is 7.63. The van der Waals surface area contributed by atoms with Crippen LogP contribution in [0.5, 0.6) is 0 Å². The zero-order valence-corrected chi connectivity index (χ0v) is 14.3. The zero-order chi connectivity index (χ0) is 17.3. The second-order valence-corrected chi connectivity index (χ2v) is 7.66. The van der Waals surface area contributed by atoms with Gasteiger partial charge in [0.1, 0.15) is 0 Å². The van der Waals surface area contributed by atoms with E-state index in [9.17, 15) is 13.2 Å². The fourth-order valence-corrected chi connectivity index (χ4v) is 3.61. The number of nitrogens with one attached hydrogen (secondary N) is 3. The molecule has 0 radical (unpaired) electrons. The van der Waals surface area contributed by atoms with Gasteiger partial charge in [-0.3, -0.25) is 9.52 Å². The van der Waals surface area contributed by atoms with Gasteiger partial charge in [-0.25, -0.2) is 8.42 Å². The Bertz CT molecular complexity index is 876. The highest BCUT2D eigenvalue weighted by Crippen LogP contribution is 2.30. The van der Waals surface area contributed by atoms with E-state index in [1.807, 2.05) is 13.8 Å². The summed E-state index contributed by atoms with van der Waals surface area (Å²) in [4.78, 5) is 12.0. The van der Waals surface area contributed by atoms with Crippen LogP contribution in [0.2, 0.25) is 0 Å². The van der Waals surface area contributed by atoms with E-state index in [0.717, 1.165) is 11.3 Å². The van der Waals surface area contributed by atoms with E-state index in [-0.39, 0.29) is 16.8 Å². The first-order chi connectivity index (χ1) is 11.3. The van der Waals surface area contributed by atoms with E-state index in [0.29, 0.717) is 17.8 Å². The summed E-state index contributed by atoms with van der Waals surface area (Å²) in [6, 6.07) is 11.7. The summed E-state index contributed by atoms with van der Waals surface area (Å²) in [5.74, 6) is -0.104. The van der Waals surface area contributed by atoms with Crippen molar-refractivity contribution in [2.75, 3.05) is 15.4 Å². The number of fused-ring (bicyclic) bond motifs is 1. The van der Waals surface area contributed by atoms with Crippen LogP contribution in [0.15, 0.2) is 47.4 Å². The van der Waals surface area contributed by atoms with Crippen LogP contribution in [0.25, 0.3) is 0 Å². The van der Waals surface area contributed by atoms with E-state index in [1.54, 1.807) is 42.5 Å². The van der Waals surface area contributed by atoms with Crippen molar-refractivity contribution in [1.29, 1.82) is 0 Å². The topological polar surface area (TPSA) is 87.3 Å². The van der Waals surface area contributed by atoms with Gasteiger partial charge in [0.15, 0.2) is 0 Å². The maximum Gasteiger partial charge on any atom is 0.261 e. The summed E-state index contributed by atoms with van der Waals surface area (Å²) < 4.78 is 27.4. The summed E-state index contributed by atoms with van der Waals surface area (Å²) in [7, 11) is -3.67. The molecule has 0 bridgehead atoms. The van der Waals surface area contributed by atoms with Crippen LogP contribution in [-0.2, 0) is 14.8 Å². The number of amides is 1. The minimum Gasteiger partial charge on any atom is -0.380 e. The summed E-state index contributed by atoms with van der Waals surface area (Å²) in [5, 5.41) is 6.01. The quantitative estimate of drug-likeness (QED) is 0.798. The smallest absolute Gasteiger partial charge is 0.261 e. The van der Waals surface area contributed by atoms with Crippen molar-refractivity contribution in [1.82, 2.24) is 0 Å². The number of carbonyl (C=O) groups is 1. The molecular weight excluding hydrogens is 326 g/mol. The number of anilines is 3. The maximum atomic E-state index is 12.5. The molecule has 2 aromatic carbocycles.